The standard InChI is InChI=1S/C21H22N4O/c1-17-14-23(19-10-6-3-7-11-19)12-13-25(17)21(26)24-15-20(22-16-24)18-8-4-2-5-9-18/h2-11,15-17H,12-14H2,1H3. The van der Waals surface area contributed by atoms with Crippen molar-refractivity contribution in [2.24, 2.45) is 0 Å². The molecule has 26 heavy (non-hydrogen) atoms. The van der Waals surface area contributed by atoms with Gasteiger partial charge in [-0.1, -0.05) is 48.5 Å². The van der Waals surface area contributed by atoms with Gasteiger partial charge in [-0.05, 0) is 19.1 Å². The zero-order valence-corrected chi connectivity index (χ0v) is 14.8. The molecule has 1 unspecified atom stereocenters. The van der Waals surface area contributed by atoms with Gasteiger partial charge < -0.3 is 9.80 Å². The predicted molar refractivity (Wildman–Crippen MR) is 103 cm³/mol. The van der Waals surface area contributed by atoms with Crippen LogP contribution in [0.1, 0.15) is 6.92 Å². The third-order valence-corrected chi connectivity index (χ3v) is 4.87. The van der Waals surface area contributed by atoms with Crippen LogP contribution in [-0.4, -0.2) is 46.2 Å². The molecule has 0 saturated carbocycles. The zero-order valence-electron chi connectivity index (χ0n) is 14.8. The van der Waals surface area contributed by atoms with Crippen molar-refractivity contribution in [3.05, 3.63) is 73.2 Å². The van der Waals surface area contributed by atoms with E-state index in [-0.39, 0.29) is 12.1 Å². The first-order valence-electron chi connectivity index (χ1n) is 8.93. The maximum Gasteiger partial charge on any atom is 0.329 e. The van der Waals surface area contributed by atoms with Gasteiger partial charge in [0.05, 0.1) is 5.69 Å². The molecule has 2 aromatic carbocycles. The topological polar surface area (TPSA) is 41.4 Å². The fourth-order valence-corrected chi connectivity index (χ4v) is 3.45. The van der Waals surface area contributed by atoms with E-state index in [1.807, 2.05) is 59.6 Å². The van der Waals surface area contributed by atoms with Gasteiger partial charge >= 0.3 is 6.03 Å². The molecule has 1 aliphatic rings. The average molecular weight is 346 g/mol. The quantitative estimate of drug-likeness (QED) is 0.710. The van der Waals surface area contributed by atoms with Crippen LogP contribution in [0.4, 0.5) is 10.5 Å². The molecule has 1 amide bonds. The maximum absolute atomic E-state index is 12.9. The number of piperazine rings is 1. The normalized spacial score (nSPS) is 17.3. The van der Waals surface area contributed by atoms with E-state index in [1.165, 1.54) is 5.69 Å². The van der Waals surface area contributed by atoms with Gasteiger partial charge in [0.25, 0.3) is 0 Å². The molecule has 1 atom stereocenters. The minimum Gasteiger partial charge on any atom is -0.368 e. The summed E-state index contributed by atoms with van der Waals surface area (Å²) in [7, 11) is 0. The summed E-state index contributed by atoms with van der Waals surface area (Å²) in [4.78, 5) is 21.6. The van der Waals surface area contributed by atoms with Crippen LogP contribution in [0.5, 0.6) is 0 Å². The summed E-state index contributed by atoms with van der Waals surface area (Å²) in [5.74, 6) is 0. The van der Waals surface area contributed by atoms with Crippen molar-refractivity contribution < 1.29 is 4.79 Å². The van der Waals surface area contributed by atoms with Gasteiger partial charge in [-0.15, -0.1) is 0 Å². The van der Waals surface area contributed by atoms with Crippen LogP contribution in [-0.2, 0) is 0 Å². The fraction of sp³-hybridized carbons (Fsp3) is 0.238. The van der Waals surface area contributed by atoms with E-state index in [4.69, 9.17) is 0 Å². The monoisotopic (exact) mass is 346 g/mol. The largest absolute Gasteiger partial charge is 0.368 e. The molecule has 0 bridgehead atoms. The fourth-order valence-electron chi connectivity index (χ4n) is 3.45. The smallest absolute Gasteiger partial charge is 0.329 e. The molecule has 0 aliphatic carbocycles. The predicted octanol–water partition coefficient (Wildman–Crippen LogP) is 3.73. The van der Waals surface area contributed by atoms with Gasteiger partial charge in [0.15, 0.2) is 0 Å². The summed E-state index contributed by atoms with van der Waals surface area (Å²) in [5, 5.41) is 0. The Balaban J connectivity index is 1.47. The summed E-state index contributed by atoms with van der Waals surface area (Å²) in [6.45, 7) is 4.46. The van der Waals surface area contributed by atoms with Gasteiger partial charge in [0.1, 0.15) is 6.33 Å². The van der Waals surface area contributed by atoms with Crippen molar-refractivity contribution in [1.29, 1.82) is 0 Å². The van der Waals surface area contributed by atoms with Crippen molar-refractivity contribution in [1.82, 2.24) is 14.5 Å². The highest BCUT2D eigenvalue weighted by atomic mass is 16.2. The van der Waals surface area contributed by atoms with Crippen LogP contribution >= 0.6 is 0 Å². The van der Waals surface area contributed by atoms with E-state index in [9.17, 15) is 4.79 Å². The number of para-hydroxylation sites is 1. The van der Waals surface area contributed by atoms with E-state index >= 15 is 0 Å². The van der Waals surface area contributed by atoms with Crippen molar-refractivity contribution in [3.63, 3.8) is 0 Å². The second-order valence-corrected chi connectivity index (χ2v) is 6.64. The van der Waals surface area contributed by atoms with Crippen molar-refractivity contribution >= 4 is 11.7 Å². The number of aromatic nitrogens is 2. The van der Waals surface area contributed by atoms with E-state index in [0.717, 1.165) is 24.3 Å². The maximum atomic E-state index is 12.9. The van der Waals surface area contributed by atoms with Gasteiger partial charge in [0, 0.05) is 43.1 Å². The molecule has 1 aromatic heterocycles. The molecule has 1 aliphatic heterocycles. The van der Waals surface area contributed by atoms with E-state index in [1.54, 1.807) is 10.9 Å². The molecule has 0 radical (unpaired) electrons. The average Bonchev–Trinajstić information content (AvgIpc) is 3.19. The molecule has 2 heterocycles. The highest BCUT2D eigenvalue weighted by Gasteiger charge is 2.28. The molecule has 0 spiro atoms. The van der Waals surface area contributed by atoms with Gasteiger partial charge in [0.2, 0.25) is 0 Å². The molecular weight excluding hydrogens is 324 g/mol. The van der Waals surface area contributed by atoms with E-state index < -0.39 is 0 Å². The first-order chi connectivity index (χ1) is 12.7. The third-order valence-electron chi connectivity index (χ3n) is 4.87. The van der Waals surface area contributed by atoms with E-state index in [0.29, 0.717) is 6.54 Å². The Kier molecular flexibility index (Phi) is 4.44. The first kappa shape index (κ1) is 16.4. The number of carbonyl (C=O) groups excluding carboxylic acids is 1. The van der Waals surface area contributed by atoms with Gasteiger partial charge in [-0.3, -0.25) is 4.57 Å². The number of benzene rings is 2. The van der Waals surface area contributed by atoms with Crippen molar-refractivity contribution in [2.75, 3.05) is 24.5 Å². The van der Waals surface area contributed by atoms with Gasteiger partial charge in [-0.25, -0.2) is 9.78 Å². The van der Waals surface area contributed by atoms with Crippen molar-refractivity contribution in [2.45, 2.75) is 13.0 Å². The second kappa shape index (κ2) is 7.04. The summed E-state index contributed by atoms with van der Waals surface area (Å²) in [6.07, 6.45) is 3.43. The molecule has 4 rings (SSSR count). The Labute approximate surface area is 153 Å². The number of imidazole rings is 1. The Morgan fingerprint density at radius 1 is 1.00 bits per heavy atom. The Morgan fingerprint density at radius 2 is 1.69 bits per heavy atom. The molecule has 1 saturated heterocycles. The highest BCUT2D eigenvalue weighted by molar-refractivity contribution is 5.78. The zero-order chi connectivity index (χ0) is 17.9. The van der Waals surface area contributed by atoms with Crippen LogP contribution in [0.25, 0.3) is 11.3 Å². The number of nitrogens with zero attached hydrogens (tertiary/aromatic N) is 4. The number of carbonyl (C=O) groups is 1. The van der Waals surface area contributed by atoms with Crippen molar-refractivity contribution in [3.8, 4) is 11.3 Å². The minimum absolute atomic E-state index is 0.0140. The molecular formula is C21H22N4O. The number of hydrogen-bond donors (Lipinski definition) is 0. The number of anilines is 1. The van der Waals surface area contributed by atoms with Crippen LogP contribution in [0.3, 0.4) is 0 Å². The molecule has 5 heteroatoms. The lowest BCUT2D eigenvalue weighted by atomic mass is 10.1. The van der Waals surface area contributed by atoms with Crippen LogP contribution in [0, 0.1) is 0 Å². The van der Waals surface area contributed by atoms with E-state index in [2.05, 4.69) is 28.9 Å². The number of amides is 1. The molecule has 3 aromatic rings. The lowest BCUT2D eigenvalue weighted by molar-refractivity contribution is 0.173. The third kappa shape index (κ3) is 3.20. The van der Waals surface area contributed by atoms with Gasteiger partial charge in [-0.2, -0.15) is 0 Å². The summed E-state index contributed by atoms with van der Waals surface area (Å²) in [5.41, 5.74) is 3.04. The SMILES string of the molecule is CC1CN(c2ccccc2)CCN1C(=O)n1cnc(-c2ccccc2)c1. The number of hydrogen-bond acceptors (Lipinski definition) is 3. The summed E-state index contributed by atoms with van der Waals surface area (Å²) >= 11 is 0. The molecule has 1 fully saturated rings. The number of rotatable bonds is 2. The van der Waals surface area contributed by atoms with Crippen LogP contribution in [0.15, 0.2) is 73.2 Å². The molecule has 132 valence electrons. The molecule has 5 nitrogen and oxygen atoms in total. The Bertz CT molecular complexity index is 875. The Morgan fingerprint density at radius 3 is 2.38 bits per heavy atom. The van der Waals surface area contributed by atoms with Crippen LogP contribution < -0.4 is 4.90 Å². The molecule has 0 N–H and O–H groups in total. The Hall–Kier alpha value is -3.08. The minimum atomic E-state index is -0.0140. The first-order valence-corrected chi connectivity index (χ1v) is 8.93. The van der Waals surface area contributed by atoms with Crippen LogP contribution in [0.2, 0.25) is 0 Å². The second-order valence-electron chi connectivity index (χ2n) is 6.64. The summed E-state index contributed by atoms with van der Waals surface area (Å²) < 4.78 is 1.59. The lowest BCUT2D eigenvalue weighted by Crippen LogP contribution is -2.55. The summed E-state index contributed by atoms with van der Waals surface area (Å²) in [6, 6.07) is 20.4. The highest BCUT2D eigenvalue weighted by Crippen LogP contribution is 2.21. The lowest BCUT2D eigenvalue weighted by Gasteiger charge is -2.40.